The van der Waals surface area contributed by atoms with Gasteiger partial charge in [-0.25, -0.2) is 0 Å². The maximum absolute atomic E-state index is 12.7. The summed E-state index contributed by atoms with van der Waals surface area (Å²) < 4.78 is 5.42. The molecule has 1 saturated carbocycles. The molecule has 1 aromatic carbocycles. The van der Waals surface area contributed by atoms with E-state index >= 15 is 0 Å². The van der Waals surface area contributed by atoms with Gasteiger partial charge in [0, 0.05) is 37.8 Å². The minimum Gasteiger partial charge on any atom is -0.391 e. The molecule has 2 atom stereocenters. The Morgan fingerprint density at radius 2 is 1.87 bits per heavy atom. The topological polar surface area (TPSA) is 53.0 Å². The summed E-state index contributed by atoms with van der Waals surface area (Å²) in [6.45, 7) is 4.49. The monoisotopic (exact) mass is 316 g/mol. The van der Waals surface area contributed by atoms with Crippen molar-refractivity contribution in [2.75, 3.05) is 26.2 Å². The van der Waals surface area contributed by atoms with Gasteiger partial charge >= 0.3 is 0 Å². The first-order valence-corrected chi connectivity index (χ1v) is 8.63. The molecule has 0 unspecified atom stereocenters. The zero-order valence-corrected chi connectivity index (χ0v) is 13.4. The molecule has 0 aromatic heterocycles. The highest BCUT2D eigenvalue weighted by Crippen LogP contribution is 2.26. The smallest absolute Gasteiger partial charge is 0.253 e. The van der Waals surface area contributed by atoms with Gasteiger partial charge in [0.05, 0.1) is 19.3 Å². The van der Waals surface area contributed by atoms with Crippen LogP contribution in [0.3, 0.4) is 0 Å². The van der Waals surface area contributed by atoms with E-state index in [4.69, 9.17) is 4.74 Å². The van der Waals surface area contributed by atoms with E-state index in [2.05, 4.69) is 4.90 Å². The summed E-state index contributed by atoms with van der Waals surface area (Å²) in [7, 11) is 0. The summed E-state index contributed by atoms with van der Waals surface area (Å²) in [5.74, 6) is 0.117. The largest absolute Gasteiger partial charge is 0.391 e. The van der Waals surface area contributed by atoms with Crippen LogP contribution in [0.15, 0.2) is 18.2 Å². The third-order valence-electron chi connectivity index (χ3n) is 5.48. The van der Waals surface area contributed by atoms with Crippen molar-refractivity contribution in [1.29, 1.82) is 0 Å². The fourth-order valence-corrected chi connectivity index (χ4v) is 4.09. The average Bonchev–Trinajstić information content (AvgIpc) is 3.22. The molecular formula is C18H24N2O3. The molecule has 1 aromatic rings. The van der Waals surface area contributed by atoms with Crippen molar-refractivity contribution in [1.82, 2.24) is 9.80 Å². The molecule has 2 fully saturated rings. The molecule has 5 heteroatoms. The molecule has 5 nitrogen and oxygen atoms in total. The lowest BCUT2D eigenvalue weighted by Crippen LogP contribution is -2.53. The predicted molar refractivity (Wildman–Crippen MR) is 86.1 cm³/mol. The Balaban J connectivity index is 1.39. The molecule has 1 saturated heterocycles. The zero-order valence-electron chi connectivity index (χ0n) is 13.4. The lowest BCUT2D eigenvalue weighted by Gasteiger charge is -2.39. The van der Waals surface area contributed by atoms with Crippen LogP contribution < -0.4 is 0 Å². The highest BCUT2D eigenvalue weighted by Gasteiger charge is 2.33. The van der Waals surface area contributed by atoms with Gasteiger partial charge < -0.3 is 14.7 Å². The zero-order chi connectivity index (χ0) is 15.8. The van der Waals surface area contributed by atoms with Crippen LogP contribution >= 0.6 is 0 Å². The van der Waals surface area contributed by atoms with Crippen molar-refractivity contribution in [3.05, 3.63) is 34.9 Å². The summed E-state index contributed by atoms with van der Waals surface area (Å²) in [4.78, 5) is 17.0. The number of aliphatic hydroxyl groups excluding tert-OH is 1. The molecule has 0 spiro atoms. The van der Waals surface area contributed by atoms with Crippen molar-refractivity contribution in [2.24, 2.45) is 0 Å². The first kappa shape index (κ1) is 15.1. The number of hydrogen-bond acceptors (Lipinski definition) is 4. The average molecular weight is 316 g/mol. The maximum Gasteiger partial charge on any atom is 0.253 e. The predicted octanol–water partition coefficient (Wildman–Crippen LogP) is 1.39. The number of ether oxygens (including phenoxy) is 1. The Morgan fingerprint density at radius 3 is 2.61 bits per heavy atom. The van der Waals surface area contributed by atoms with Crippen molar-refractivity contribution in [2.45, 2.75) is 44.6 Å². The van der Waals surface area contributed by atoms with Crippen LogP contribution in [-0.2, 0) is 18.0 Å². The van der Waals surface area contributed by atoms with Gasteiger partial charge in [-0.1, -0.05) is 6.07 Å². The van der Waals surface area contributed by atoms with E-state index in [9.17, 15) is 9.90 Å². The number of hydrogen-bond donors (Lipinski definition) is 1. The molecule has 1 aliphatic carbocycles. The van der Waals surface area contributed by atoms with E-state index < -0.39 is 0 Å². The Kier molecular flexibility index (Phi) is 4.09. The van der Waals surface area contributed by atoms with E-state index in [1.807, 2.05) is 23.1 Å². The number of carbonyl (C=O) groups is 1. The summed E-state index contributed by atoms with van der Waals surface area (Å²) >= 11 is 0. The van der Waals surface area contributed by atoms with E-state index in [1.165, 1.54) is 5.56 Å². The maximum atomic E-state index is 12.7. The number of nitrogens with zero attached hydrogens (tertiary/aromatic N) is 2. The van der Waals surface area contributed by atoms with Gasteiger partial charge in [0.15, 0.2) is 0 Å². The normalized spacial score (nSPS) is 28.1. The number of amides is 1. The van der Waals surface area contributed by atoms with Crippen LogP contribution in [-0.4, -0.2) is 59.1 Å². The summed E-state index contributed by atoms with van der Waals surface area (Å²) in [6, 6.07) is 6.21. The summed E-state index contributed by atoms with van der Waals surface area (Å²) in [6.07, 6.45) is 2.93. The number of carbonyl (C=O) groups excluding carboxylic acids is 1. The molecule has 2 heterocycles. The highest BCUT2D eigenvalue weighted by atomic mass is 16.5. The minimum atomic E-state index is -0.186. The molecule has 23 heavy (non-hydrogen) atoms. The third kappa shape index (κ3) is 2.89. The first-order valence-electron chi connectivity index (χ1n) is 8.63. The van der Waals surface area contributed by atoms with Gasteiger partial charge in [0.1, 0.15) is 0 Å². The SMILES string of the molecule is O=C(c1ccc2c(c1)COC2)N1CCN([C@H]2CCC[C@H]2O)CC1. The number of piperazine rings is 1. The lowest BCUT2D eigenvalue weighted by atomic mass is 10.0. The second-order valence-corrected chi connectivity index (χ2v) is 6.87. The van der Waals surface area contributed by atoms with Crippen molar-refractivity contribution in [3.63, 3.8) is 0 Å². The second-order valence-electron chi connectivity index (χ2n) is 6.87. The molecule has 3 aliphatic rings. The van der Waals surface area contributed by atoms with E-state index in [0.717, 1.165) is 56.6 Å². The van der Waals surface area contributed by atoms with Crippen LogP contribution in [0.25, 0.3) is 0 Å². The summed E-state index contributed by atoms with van der Waals surface area (Å²) in [5.41, 5.74) is 3.11. The van der Waals surface area contributed by atoms with Gasteiger partial charge in [-0.2, -0.15) is 0 Å². The highest BCUT2D eigenvalue weighted by molar-refractivity contribution is 5.94. The second kappa shape index (κ2) is 6.23. The van der Waals surface area contributed by atoms with E-state index in [-0.39, 0.29) is 12.0 Å². The molecule has 124 valence electrons. The molecule has 2 aliphatic heterocycles. The fraction of sp³-hybridized carbons (Fsp3) is 0.611. The minimum absolute atomic E-state index is 0.117. The van der Waals surface area contributed by atoms with Crippen LogP contribution in [0.4, 0.5) is 0 Å². The number of benzene rings is 1. The van der Waals surface area contributed by atoms with Crippen molar-refractivity contribution >= 4 is 5.91 Å². The molecule has 0 bridgehead atoms. The standard InChI is InChI=1S/C18H24N2O3/c21-17-3-1-2-16(17)19-6-8-20(9-7-19)18(22)13-4-5-14-11-23-12-15(14)10-13/h4-5,10,16-17,21H,1-3,6-9,11-12H2/t16-,17+/m0/s1. The van der Waals surface area contributed by atoms with Crippen LogP contribution in [0.1, 0.15) is 40.7 Å². The van der Waals surface area contributed by atoms with Crippen molar-refractivity contribution in [3.8, 4) is 0 Å². The van der Waals surface area contributed by atoms with Gasteiger partial charge in [0.2, 0.25) is 0 Å². The van der Waals surface area contributed by atoms with E-state index in [0.29, 0.717) is 19.3 Å². The molecule has 0 radical (unpaired) electrons. The number of aliphatic hydroxyl groups is 1. The fourth-order valence-electron chi connectivity index (χ4n) is 4.09. The van der Waals surface area contributed by atoms with Gasteiger partial charge in [-0.3, -0.25) is 9.69 Å². The third-order valence-corrected chi connectivity index (χ3v) is 5.48. The number of rotatable bonds is 2. The Hall–Kier alpha value is -1.43. The number of fused-ring (bicyclic) bond motifs is 1. The van der Waals surface area contributed by atoms with E-state index in [1.54, 1.807) is 0 Å². The van der Waals surface area contributed by atoms with Gasteiger partial charge in [0.25, 0.3) is 5.91 Å². The van der Waals surface area contributed by atoms with Gasteiger partial charge in [-0.05, 0) is 42.5 Å². The lowest BCUT2D eigenvalue weighted by molar-refractivity contribution is 0.0315. The van der Waals surface area contributed by atoms with Crippen molar-refractivity contribution < 1.29 is 14.6 Å². The first-order chi connectivity index (χ1) is 11.2. The van der Waals surface area contributed by atoms with Gasteiger partial charge in [-0.15, -0.1) is 0 Å². The molecular weight excluding hydrogens is 292 g/mol. The van der Waals surface area contributed by atoms with Crippen LogP contribution in [0, 0.1) is 0 Å². The molecule has 4 rings (SSSR count). The Morgan fingerprint density at radius 1 is 1.09 bits per heavy atom. The molecule has 1 N–H and O–H groups in total. The van der Waals surface area contributed by atoms with Crippen LogP contribution in [0.5, 0.6) is 0 Å². The summed E-state index contributed by atoms with van der Waals surface area (Å²) in [5, 5.41) is 10.0. The quantitative estimate of drug-likeness (QED) is 0.896. The molecule has 1 amide bonds. The van der Waals surface area contributed by atoms with Crippen LogP contribution in [0.2, 0.25) is 0 Å². The Labute approximate surface area is 136 Å². The Bertz CT molecular complexity index is 596.